The molecule has 0 bridgehead atoms. The fraction of sp³-hybridized carbons (Fsp3) is 1.00. The first-order valence-corrected chi connectivity index (χ1v) is 4.90. The Bertz CT molecular complexity index is 183. The van der Waals surface area contributed by atoms with Crippen molar-refractivity contribution in [3.63, 3.8) is 0 Å². The van der Waals surface area contributed by atoms with Gasteiger partial charge in [0.1, 0.15) is 0 Å². The molecule has 1 N–H and O–H groups in total. The van der Waals surface area contributed by atoms with E-state index >= 15 is 0 Å². The molecule has 0 aliphatic carbocycles. The van der Waals surface area contributed by atoms with Crippen LogP contribution < -0.4 is 0 Å². The smallest absolute Gasteiger partial charge is 0.382 e. The molecular formula is C9H16F3NO. The molecule has 2 unspecified atom stereocenters. The Morgan fingerprint density at radius 2 is 2.07 bits per heavy atom. The Hall–Kier alpha value is -0.290. The first-order valence-electron chi connectivity index (χ1n) is 4.90. The van der Waals surface area contributed by atoms with Crippen LogP contribution in [0.1, 0.15) is 26.2 Å². The van der Waals surface area contributed by atoms with E-state index in [1.807, 2.05) is 6.92 Å². The number of piperidine rings is 1. The molecular weight excluding hydrogens is 195 g/mol. The van der Waals surface area contributed by atoms with Crippen LogP contribution in [0, 0.1) is 0 Å². The SMILES string of the molecule is CC1CCCCN1CC(O)C(F)(F)F. The zero-order chi connectivity index (χ0) is 10.8. The Morgan fingerprint density at radius 1 is 1.43 bits per heavy atom. The first-order chi connectivity index (χ1) is 6.41. The van der Waals surface area contributed by atoms with Crippen molar-refractivity contribution in [2.75, 3.05) is 13.1 Å². The van der Waals surface area contributed by atoms with Gasteiger partial charge in [0.05, 0.1) is 0 Å². The average molecular weight is 211 g/mol. The molecule has 2 nitrogen and oxygen atoms in total. The van der Waals surface area contributed by atoms with Crippen LogP contribution >= 0.6 is 0 Å². The normalized spacial score (nSPS) is 27.6. The lowest BCUT2D eigenvalue weighted by atomic mass is 10.0. The van der Waals surface area contributed by atoms with Gasteiger partial charge in [-0.15, -0.1) is 0 Å². The fourth-order valence-corrected chi connectivity index (χ4v) is 1.75. The summed E-state index contributed by atoms with van der Waals surface area (Å²) in [5, 5.41) is 8.89. The first kappa shape index (κ1) is 11.8. The molecule has 84 valence electrons. The topological polar surface area (TPSA) is 23.5 Å². The number of alkyl halides is 3. The molecule has 1 saturated heterocycles. The highest BCUT2D eigenvalue weighted by Gasteiger charge is 2.39. The summed E-state index contributed by atoms with van der Waals surface area (Å²) in [7, 11) is 0. The summed E-state index contributed by atoms with van der Waals surface area (Å²) in [5.74, 6) is 0. The molecule has 0 aromatic heterocycles. The molecule has 1 heterocycles. The molecule has 0 aromatic rings. The minimum Gasteiger partial charge on any atom is -0.382 e. The lowest BCUT2D eigenvalue weighted by molar-refractivity contribution is -0.209. The third-order valence-corrected chi connectivity index (χ3v) is 2.73. The number of hydrogen-bond donors (Lipinski definition) is 1. The molecule has 0 radical (unpaired) electrons. The minimum absolute atomic E-state index is 0.153. The van der Waals surface area contributed by atoms with Crippen molar-refractivity contribution in [3.8, 4) is 0 Å². The van der Waals surface area contributed by atoms with E-state index in [0.29, 0.717) is 6.54 Å². The highest BCUT2D eigenvalue weighted by Crippen LogP contribution is 2.23. The van der Waals surface area contributed by atoms with E-state index in [-0.39, 0.29) is 12.6 Å². The van der Waals surface area contributed by atoms with Gasteiger partial charge in [0.2, 0.25) is 0 Å². The summed E-state index contributed by atoms with van der Waals surface area (Å²) in [4.78, 5) is 1.71. The summed E-state index contributed by atoms with van der Waals surface area (Å²) < 4.78 is 36.2. The highest BCUT2D eigenvalue weighted by molar-refractivity contribution is 4.78. The summed E-state index contributed by atoms with van der Waals surface area (Å²) in [6.07, 6.45) is -3.78. The van der Waals surface area contributed by atoms with Gasteiger partial charge in [-0.05, 0) is 26.3 Å². The molecule has 5 heteroatoms. The van der Waals surface area contributed by atoms with Gasteiger partial charge in [-0.1, -0.05) is 6.42 Å². The molecule has 0 aromatic carbocycles. The zero-order valence-corrected chi connectivity index (χ0v) is 8.22. The van der Waals surface area contributed by atoms with Gasteiger partial charge in [-0.3, -0.25) is 4.90 Å². The van der Waals surface area contributed by atoms with E-state index < -0.39 is 12.3 Å². The summed E-state index contributed by atoms with van der Waals surface area (Å²) >= 11 is 0. The quantitative estimate of drug-likeness (QED) is 0.752. The second kappa shape index (κ2) is 4.49. The second-order valence-electron chi connectivity index (χ2n) is 3.90. The molecule has 0 spiro atoms. The van der Waals surface area contributed by atoms with Crippen molar-refractivity contribution < 1.29 is 18.3 Å². The lowest BCUT2D eigenvalue weighted by Crippen LogP contribution is -2.46. The number of rotatable bonds is 2. The van der Waals surface area contributed by atoms with Crippen LogP contribution in [0.3, 0.4) is 0 Å². The van der Waals surface area contributed by atoms with E-state index in [2.05, 4.69) is 0 Å². The molecule has 2 atom stereocenters. The maximum Gasteiger partial charge on any atom is 0.415 e. The molecule has 1 aliphatic heterocycles. The van der Waals surface area contributed by atoms with E-state index in [1.165, 1.54) is 0 Å². The van der Waals surface area contributed by atoms with Crippen LogP contribution in [0.5, 0.6) is 0 Å². The van der Waals surface area contributed by atoms with Crippen molar-refractivity contribution in [1.82, 2.24) is 4.90 Å². The number of halogens is 3. The van der Waals surface area contributed by atoms with Crippen molar-refractivity contribution in [1.29, 1.82) is 0 Å². The number of nitrogens with zero attached hydrogens (tertiary/aromatic N) is 1. The van der Waals surface area contributed by atoms with Crippen molar-refractivity contribution in [2.45, 2.75) is 44.5 Å². The van der Waals surface area contributed by atoms with Gasteiger partial charge in [0.15, 0.2) is 6.10 Å². The average Bonchev–Trinajstić information content (AvgIpc) is 2.07. The van der Waals surface area contributed by atoms with Gasteiger partial charge in [0, 0.05) is 12.6 Å². The Balaban J connectivity index is 2.42. The van der Waals surface area contributed by atoms with Crippen molar-refractivity contribution >= 4 is 0 Å². The van der Waals surface area contributed by atoms with Crippen molar-refractivity contribution in [3.05, 3.63) is 0 Å². The van der Waals surface area contributed by atoms with Crippen LogP contribution in [0.15, 0.2) is 0 Å². The number of likely N-dealkylation sites (tertiary alicyclic amines) is 1. The minimum atomic E-state index is -4.49. The maximum absolute atomic E-state index is 12.1. The molecule has 1 rings (SSSR count). The van der Waals surface area contributed by atoms with Crippen LogP contribution in [-0.2, 0) is 0 Å². The molecule has 14 heavy (non-hydrogen) atoms. The highest BCUT2D eigenvalue weighted by atomic mass is 19.4. The largest absolute Gasteiger partial charge is 0.415 e. The number of aliphatic hydroxyl groups is 1. The summed E-state index contributed by atoms with van der Waals surface area (Å²) in [5.41, 5.74) is 0. The third kappa shape index (κ3) is 3.13. The van der Waals surface area contributed by atoms with Gasteiger partial charge in [0.25, 0.3) is 0 Å². The standard InChI is InChI=1S/C9H16F3NO/c1-7-4-2-3-5-13(7)6-8(14)9(10,11)12/h7-8,14H,2-6H2,1H3. The molecule has 0 saturated carbocycles. The van der Waals surface area contributed by atoms with Crippen LogP contribution in [0.2, 0.25) is 0 Å². The Morgan fingerprint density at radius 3 is 2.57 bits per heavy atom. The predicted octanol–water partition coefficient (Wildman–Crippen LogP) is 1.78. The predicted molar refractivity (Wildman–Crippen MR) is 46.9 cm³/mol. The summed E-state index contributed by atoms with van der Waals surface area (Å²) in [6.45, 7) is 2.28. The van der Waals surface area contributed by atoms with Crippen LogP contribution in [0.25, 0.3) is 0 Å². The summed E-state index contributed by atoms with van der Waals surface area (Å²) in [6, 6.07) is 0.153. The lowest BCUT2D eigenvalue weighted by Gasteiger charge is -2.34. The van der Waals surface area contributed by atoms with Gasteiger partial charge in [-0.25, -0.2) is 0 Å². The maximum atomic E-state index is 12.1. The number of hydrogen-bond acceptors (Lipinski definition) is 2. The van der Waals surface area contributed by atoms with E-state index in [1.54, 1.807) is 4.90 Å². The Kier molecular flexibility index (Phi) is 3.78. The second-order valence-corrected chi connectivity index (χ2v) is 3.90. The third-order valence-electron chi connectivity index (χ3n) is 2.73. The molecule has 0 amide bonds. The van der Waals surface area contributed by atoms with Crippen LogP contribution in [-0.4, -0.2) is 41.4 Å². The van der Waals surface area contributed by atoms with Crippen molar-refractivity contribution in [2.24, 2.45) is 0 Å². The van der Waals surface area contributed by atoms with E-state index in [4.69, 9.17) is 5.11 Å². The van der Waals surface area contributed by atoms with Gasteiger partial charge in [-0.2, -0.15) is 13.2 Å². The van der Waals surface area contributed by atoms with E-state index in [0.717, 1.165) is 19.3 Å². The fourth-order valence-electron chi connectivity index (χ4n) is 1.75. The van der Waals surface area contributed by atoms with Crippen LogP contribution in [0.4, 0.5) is 13.2 Å². The monoisotopic (exact) mass is 211 g/mol. The molecule has 1 aliphatic rings. The van der Waals surface area contributed by atoms with Gasteiger partial charge < -0.3 is 5.11 Å². The molecule has 1 fully saturated rings. The zero-order valence-electron chi connectivity index (χ0n) is 8.22. The van der Waals surface area contributed by atoms with E-state index in [9.17, 15) is 13.2 Å². The number of aliphatic hydroxyl groups excluding tert-OH is 1. The Labute approximate surface area is 81.7 Å². The number of β-amino-alcohol motifs (C(OH)–C–C–N with tert-alkyl or cyclic N) is 1. The van der Waals surface area contributed by atoms with Gasteiger partial charge >= 0.3 is 6.18 Å².